The zero-order valence-corrected chi connectivity index (χ0v) is 82.3. The first-order chi connectivity index (χ1) is 60.3. The molecule has 0 saturated carbocycles. The average molecular weight is 1700 g/mol. The number of benzene rings is 10. The molecule has 8 nitrogen and oxygen atoms in total. The molecule has 0 saturated heterocycles. The third kappa shape index (κ3) is 15.7. The Balaban J connectivity index is 1.07. The Kier molecular flexibility index (Phi) is 20.6. The number of fused-ring (bicyclic) bond motifs is 10. The maximum absolute atomic E-state index is 5.84. The van der Waals surface area contributed by atoms with Gasteiger partial charge in [0.15, 0.2) is 0 Å². The highest BCUT2D eigenvalue weighted by molar-refractivity contribution is 7.00. The van der Waals surface area contributed by atoms with Crippen LogP contribution in [0.5, 0.6) is 0 Å². The molecule has 9 heteroatoms. The van der Waals surface area contributed by atoms with Crippen molar-refractivity contribution in [2.24, 2.45) is 0 Å². The van der Waals surface area contributed by atoms with E-state index in [1.807, 2.05) is 0 Å². The van der Waals surface area contributed by atoms with Gasteiger partial charge < -0.3 is 18.9 Å². The summed E-state index contributed by atoms with van der Waals surface area (Å²) in [4.78, 5) is 28.5. The van der Waals surface area contributed by atoms with Crippen molar-refractivity contribution in [1.29, 1.82) is 0 Å². The van der Waals surface area contributed by atoms with Gasteiger partial charge in [0.25, 0.3) is 6.71 Å². The SMILES string of the molecule is CC(C)(C)c1ccc2c(c1)c1cc(C(C)(C)C)ccc1n2-c1ccc2c(c1)N(c1c(-c3cc(C(C)(C)C)nc(C(C)(C)C)c3)cccc1-c1cc(C(C)(C)C)nc(C(C)(C)C)c1)c1cc(-c3ccccc3)cc3c1B2c1ccc(-n2c4ccc(C(C)(C)C)cc4c4cc(C(C)(C)C)ccc42)cc1N3c1c(-c2cccc(C(C)(C)C)n2)cccc1-c1cccc(C(C)(C)C)n1. The van der Waals surface area contributed by atoms with Crippen LogP contribution >= 0.6 is 0 Å². The topological polar surface area (TPSA) is 67.9 Å². The minimum atomic E-state index is -0.373. The third-order valence-corrected chi connectivity index (χ3v) is 27.1. The van der Waals surface area contributed by atoms with Gasteiger partial charge in [-0.3, -0.25) is 19.9 Å². The van der Waals surface area contributed by atoms with E-state index in [1.165, 1.54) is 60.2 Å². The summed E-state index contributed by atoms with van der Waals surface area (Å²) in [6.07, 6.45) is 0. The molecule has 8 heterocycles. The van der Waals surface area contributed by atoms with Gasteiger partial charge in [-0.25, -0.2) is 0 Å². The molecule has 0 N–H and O–H groups in total. The lowest BCUT2D eigenvalue weighted by Gasteiger charge is -2.46. The zero-order valence-electron chi connectivity index (χ0n) is 82.3. The highest BCUT2D eigenvalue weighted by Gasteiger charge is 2.47. The van der Waals surface area contributed by atoms with Crippen LogP contribution in [0.1, 0.15) is 264 Å². The summed E-state index contributed by atoms with van der Waals surface area (Å²) < 4.78 is 5.14. The zero-order chi connectivity index (χ0) is 92.2. The molecule has 2 aliphatic heterocycles. The summed E-state index contributed by atoms with van der Waals surface area (Å²) in [5.74, 6) is 0. The average Bonchev–Trinajstić information content (AvgIpc) is 0.883. The van der Waals surface area contributed by atoms with Crippen molar-refractivity contribution >= 4 is 101 Å². The first kappa shape index (κ1) is 87.7. The molecule has 0 amide bonds. The Labute approximate surface area is 768 Å². The van der Waals surface area contributed by atoms with Crippen LogP contribution in [0, 0.1) is 0 Å². The van der Waals surface area contributed by atoms with Crippen molar-refractivity contribution in [3.05, 3.63) is 305 Å². The standard InChI is InChI=1S/C120H131BN8/c1-111(2,3)76-48-56-94-86(66-76)87-67-77(112(4,5)6)49-57-95(87)126(94)80-52-54-90-98(70-80)128(109-82(74-62-104(117(19,20)21)124-105(63-74)118(22,23)24)40-34-41-83(109)75-64-106(119(25,26)27)125-107(65-75)120(28,29)30)100-60-73(72-38-32-31-33-39-72)61-101-108(100)121(90)91-55-53-81(127-96-58-50-78(113(7,8)9)68-88(96)89-69-79(114(10,11)12)51-59-97(89)127)71-99(91)129(101)110-84(92-44-36-46-102(122-92)115(13,14)15)42-35-43-85(110)93-45-37-47-103(123-93)116(16,17)18/h31-71H,1-30H3. The maximum Gasteiger partial charge on any atom is 0.252 e. The van der Waals surface area contributed by atoms with Gasteiger partial charge in [0.05, 0.1) is 44.8 Å². The van der Waals surface area contributed by atoms with E-state index >= 15 is 0 Å². The molecule has 0 unspecified atom stereocenters. The lowest BCUT2D eigenvalue weighted by molar-refractivity contribution is 0.531. The van der Waals surface area contributed by atoms with Crippen molar-refractivity contribution in [3.8, 4) is 67.3 Å². The molecular formula is C120H131BN8. The number of nitrogens with zero attached hydrogens (tertiary/aromatic N) is 8. The van der Waals surface area contributed by atoms with Gasteiger partial charge in [-0.05, 0) is 216 Å². The molecular weight excluding hydrogens is 1560 g/mol. The van der Waals surface area contributed by atoms with Crippen LogP contribution in [0.15, 0.2) is 249 Å². The van der Waals surface area contributed by atoms with Gasteiger partial charge in [0, 0.05) is 145 Å². The summed E-state index contributed by atoms with van der Waals surface area (Å²) in [6, 6.07) is 97.3. The molecule has 0 radical (unpaired) electrons. The molecule has 10 aromatic carbocycles. The normalized spacial score (nSPS) is 13.8. The molecule has 129 heavy (non-hydrogen) atoms. The molecule has 654 valence electrons. The molecule has 0 aliphatic carbocycles. The number of hydrogen-bond acceptors (Lipinski definition) is 6. The summed E-state index contributed by atoms with van der Waals surface area (Å²) in [7, 11) is 0. The Morgan fingerprint density at radius 3 is 0.829 bits per heavy atom. The number of pyridine rings is 4. The number of hydrogen-bond donors (Lipinski definition) is 0. The Morgan fingerprint density at radius 2 is 0.519 bits per heavy atom. The second kappa shape index (κ2) is 30.3. The van der Waals surface area contributed by atoms with E-state index in [2.05, 4.69) is 475 Å². The first-order valence-electron chi connectivity index (χ1n) is 46.9. The fourth-order valence-electron chi connectivity index (χ4n) is 19.4. The molecule has 0 atom stereocenters. The highest BCUT2D eigenvalue weighted by Crippen LogP contribution is 2.56. The van der Waals surface area contributed by atoms with E-state index in [4.69, 9.17) is 19.9 Å². The van der Waals surface area contributed by atoms with Crippen LogP contribution in [-0.2, 0) is 54.1 Å². The van der Waals surface area contributed by atoms with Gasteiger partial charge in [-0.2, -0.15) is 0 Å². The van der Waals surface area contributed by atoms with Crippen molar-refractivity contribution in [2.45, 2.75) is 262 Å². The third-order valence-electron chi connectivity index (χ3n) is 27.1. The van der Waals surface area contributed by atoms with Gasteiger partial charge >= 0.3 is 0 Å². The first-order valence-corrected chi connectivity index (χ1v) is 46.9. The Morgan fingerprint density at radius 1 is 0.217 bits per heavy atom. The molecule has 16 aromatic rings. The number of anilines is 6. The minimum Gasteiger partial charge on any atom is -0.310 e. The highest BCUT2D eigenvalue weighted by atomic mass is 15.2. The molecule has 6 aromatic heterocycles. The monoisotopic (exact) mass is 1700 g/mol. The second-order valence-corrected chi connectivity index (χ2v) is 47.5. The van der Waals surface area contributed by atoms with E-state index in [1.54, 1.807) is 0 Å². The summed E-state index contributed by atoms with van der Waals surface area (Å²) in [5, 5.41) is 4.95. The van der Waals surface area contributed by atoms with Gasteiger partial charge in [0.1, 0.15) is 0 Å². The van der Waals surface area contributed by atoms with E-state index in [-0.39, 0.29) is 60.9 Å². The lowest BCUT2D eigenvalue weighted by atomic mass is 9.33. The summed E-state index contributed by atoms with van der Waals surface area (Å²) in [5.41, 5.74) is 35.9. The van der Waals surface area contributed by atoms with Crippen LogP contribution < -0.4 is 26.2 Å². The molecule has 2 aliphatic rings. The fourth-order valence-corrected chi connectivity index (χ4v) is 19.4. The van der Waals surface area contributed by atoms with Crippen molar-refractivity contribution in [1.82, 2.24) is 29.1 Å². The number of aromatic nitrogens is 6. The maximum atomic E-state index is 5.84. The fraction of sp³-hybridized carbons (Fsp3) is 0.333. The van der Waals surface area contributed by atoms with E-state index in [0.717, 1.165) is 158 Å². The van der Waals surface area contributed by atoms with E-state index in [0.29, 0.717) is 0 Å². The van der Waals surface area contributed by atoms with Crippen molar-refractivity contribution < 1.29 is 0 Å². The molecule has 0 bridgehead atoms. The molecule has 18 rings (SSSR count). The van der Waals surface area contributed by atoms with Crippen molar-refractivity contribution in [2.75, 3.05) is 9.80 Å². The van der Waals surface area contributed by atoms with Crippen LogP contribution in [0.25, 0.3) is 111 Å². The van der Waals surface area contributed by atoms with Crippen LogP contribution in [0.3, 0.4) is 0 Å². The van der Waals surface area contributed by atoms with Crippen LogP contribution in [0.4, 0.5) is 34.1 Å². The van der Waals surface area contributed by atoms with Crippen molar-refractivity contribution in [3.63, 3.8) is 0 Å². The van der Waals surface area contributed by atoms with Gasteiger partial charge in [0.2, 0.25) is 0 Å². The molecule has 0 fully saturated rings. The number of rotatable bonds is 9. The second-order valence-electron chi connectivity index (χ2n) is 47.5. The smallest absolute Gasteiger partial charge is 0.252 e. The Bertz CT molecular complexity index is 6840. The van der Waals surface area contributed by atoms with Crippen LogP contribution in [-0.4, -0.2) is 35.8 Å². The number of para-hydroxylation sites is 2. The Hall–Kier alpha value is -11.9. The predicted molar refractivity (Wildman–Crippen MR) is 555 cm³/mol. The largest absolute Gasteiger partial charge is 0.310 e. The van der Waals surface area contributed by atoms with E-state index < -0.39 is 0 Å². The summed E-state index contributed by atoms with van der Waals surface area (Å²) >= 11 is 0. The van der Waals surface area contributed by atoms with E-state index in [9.17, 15) is 0 Å². The minimum absolute atomic E-state index is 0.101. The predicted octanol–water partition coefficient (Wildman–Crippen LogP) is 30.9. The van der Waals surface area contributed by atoms with Gasteiger partial charge in [-0.1, -0.05) is 323 Å². The van der Waals surface area contributed by atoms with Crippen LogP contribution in [0.2, 0.25) is 0 Å². The lowest BCUT2D eigenvalue weighted by Crippen LogP contribution is -2.61. The van der Waals surface area contributed by atoms with Gasteiger partial charge in [-0.15, -0.1) is 0 Å². The summed E-state index contributed by atoms with van der Waals surface area (Å²) in [6.45, 7) is 69.1. The molecule has 0 spiro atoms. The quantitative estimate of drug-likeness (QED) is 0.134.